The summed E-state index contributed by atoms with van der Waals surface area (Å²) in [4.78, 5) is 24.6. The highest BCUT2D eigenvalue weighted by molar-refractivity contribution is 5.84. The van der Waals surface area contributed by atoms with Crippen molar-refractivity contribution in [3.63, 3.8) is 0 Å². The fourth-order valence-electron chi connectivity index (χ4n) is 2.14. The Bertz CT molecular complexity index is 374. The highest BCUT2D eigenvalue weighted by Crippen LogP contribution is 2.30. The molecule has 1 atom stereocenters. The molecule has 0 saturated heterocycles. The SMILES string of the molecule is CCN(CC)C(=O)OC(=C(F)F)C1CCCCC1=O. The van der Waals surface area contributed by atoms with E-state index in [9.17, 15) is 18.4 Å². The first-order valence-corrected chi connectivity index (χ1v) is 6.55. The van der Waals surface area contributed by atoms with Gasteiger partial charge >= 0.3 is 12.2 Å². The molecule has 0 heterocycles. The number of ether oxygens (including phenoxy) is 1. The molecule has 4 nitrogen and oxygen atoms in total. The van der Waals surface area contributed by atoms with Crippen molar-refractivity contribution >= 4 is 11.9 Å². The molecule has 1 fully saturated rings. The third kappa shape index (κ3) is 4.01. The first kappa shape index (κ1) is 15.6. The number of Topliss-reactive ketones (excluding diaryl/α,β-unsaturated/α-hetero) is 1. The first-order valence-electron chi connectivity index (χ1n) is 6.55. The van der Waals surface area contributed by atoms with Crippen LogP contribution in [0.4, 0.5) is 13.6 Å². The van der Waals surface area contributed by atoms with E-state index in [1.165, 1.54) is 4.90 Å². The maximum Gasteiger partial charge on any atom is 0.415 e. The smallest absolute Gasteiger partial charge is 0.408 e. The molecule has 0 aliphatic heterocycles. The Hall–Kier alpha value is -1.46. The second-order valence-electron chi connectivity index (χ2n) is 4.43. The minimum absolute atomic E-state index is 0.268. The van der Waals surface area contributed by atoms with E-state index in [0.29, 0.717) is 32.4 Å². The summed E-state index contributed by atoms with van der Waals surface area (Å²) in [5.41, 5.74) is 0. The van der Waals surface area contributed by atoms with E-state index in [1.807, 2.05) is 0 Å². The van der Waals surface area contributed by atoms with Crippen molar-refractivity contribution in [3.8, 4) is 0 Å². The Morgan fingerprint density at radius 1 is 1.32 bits per heavy atom. The van der Waals surface area contributed by atoms with Crippen LogP contribution in [0.5, 0.6) is 0 Å². The number of hydrogen-bond acceptors (Lipinski definition) is 3. The van der Waals surface area contributed by atoms with Gasteiger partial charge in [0, 0.05) is 19.5 Å². The molecule has 108 valence electrons. The number of amides is 1. The Morgan fingerprint density at radius 2 is 1.95 bits per heavy atom. The lowest BCUT2D eigenvalue weighted by Gasteiger charge is -2.24. The second kappa shape index (κ2) is 7.21. The lowest BCUT2D eigenvalue weighted by Crippen LogP contribution is -2.33. The summed E-state index contributed by atoms with van der Waals surface area (Å²) in [6.45, 7) is 4.20. The highest BCUT2D eigenvalue weighted by atomic mass is 19.3. The number of ketones is 1. The van der Waals surface area contributed by atoms with E-state index in [4.69, 9.17) is 4.74 Å². The minimum atomic E-state index is -2.08. The van der Waals surface area contributed by atoms with Crippen LogP contribution >= 0.6 is 0 Å². The van der Waals surface area contributed by atoms with Crippen LogP contribution < -0.4 is 0 Å². The van der Waals surface area contributed by atoms with Gasteiger partial charge < -0.3 is 9.64 Å². The molecule has 1 aliphatic carbocycles. The van der Waals surface area contributed by atoms with Crippen molar-refractivity contribution in [3.05, 3.63) is 11.8 Å². The molecule has 0 N–H and O–H groups in total. The zero-order valence-electron chi connectivity index (χ0n) is 11.2. The average molecular weight is 275 g/mol. The zero-order chi connectivity index (χ0) is 14.4. The van der Waals surface area contributed by atoms with Crippen LogP contribution in [0.1, 0.15) is 39.5 Å². The maximum atomic E-state index is 12.9. The third-order valence-electron chi connectivity index (χ3n) is 3.28. The summed E-state index contributed by atoms with van der Waals surface area (Å²) >= 11 is 0. The number of carbonyl (C=O) groups is 2. The summed E-state index contributed by atoms with van der Waals surface area (Å²) < 4.78 is 30.6. The van der Waals surface area contributed by atoms with E-state index in [1.54, 1.807) is 13.8 Å². The van der Waals surface area contributed by atoms with Gasteiger partial charge in [0.2, 0.25) is 0 Å². The summed E-state index contributed by atoms with van der Waals surface area (Å²) in [6, 6.07) is 0. The topological polar surface area (TPSA) is 46.6 Å². The lowest BCUT2D eigenvalue weighted by molar-refractivity contribution is -0.124. The number of halogens is 2. The van der Waals surface area contributed by atoms with E-state index in [2.05, 4.69) is 0 Å². The summed E-state index contributed by atoms with van der Waals surface area (Å²) in [7, 11) is 0. The average Bonchev–Trinajstić information content (AvgIpc) is 2.38. The van der Waals surface area contributed by atoms with E-state index in [0.717, 1.165) is 0 Å². The predicted molar refractivity (Wildman–Crippen MR) is 65.6 cm³/mol. The van der Waals surface area contributed by atoms with Gasteiger partial charge in [0.1, 0.15) is 5.78 Å². The van der Waals surface area contributed by atoms with Gasteiger partial charge in [-0.05, 0) is 26.7 Å². The Morgan fingerprint density at radius 3 is 2.42 bits per heavy atom. The van der Waals surface area contributed by atoms with Crippen LogP contribution in [0.2, 0.25) is 0 Å². The molecular formula is C13H19F2NO3. The van der Waals surface area contributed by atoms with Gasteiger partial charge in [-0.25, -0.2) is 4.79 Å². The van der Waals surface area contributed by atoms with Crippen molar-refractivity contribution < 1.29 is 23.1 Å². The second-order valence-corrected chi connectivity index (χ2v) is 4.43. The lowest BCUT2D eigenvalue weighted by atomic mass is 9.87. The zero-order valence-corrected chi connectivity index (χ0v) is 11.2. The van der Waals surface area contributed by atoms with Crippen LogP contribution in [0.15, 0.2) is 11.8 Å². The molecule has 0 bridgehead atoms. The molecular weight excluding hydrogens is 256 g/mol. The van der Waals surface area contributed by atoms with Gasteiger partial charge in [-0.15, -0.1) is 0 Å². The van der Waals surface area contributed by atoms with Gasteiger partial charge in [-0.1, -0.05) is 6.42 Å². The molecule has 6 heteroatoms. The van der Waals surface area contributed by atoms with Crippen LogP contribution in [0, 0.1) is 5.92 Å². The number of allylic oxidation sites excluding steroid dienone is 1. The third-order valence-corrected chi connectivity index (χ3v) is 3.28. The van der Waals surface area contributed by atoms with E-state index in [-0.39, 0.29) is 12.2 Å². The molecule has 1 rings (SSSR count). The van der Waals surface area contributed by atoms with Crippen LogP contribution in [0.25, 0.3) is 0 Å². The number of nitrogens with zero attached hydrogens (tertiary/aromatic N) is 1. The number of hydrogen-bond donors (Lipinski definition) is 0. The molecule has 1 amide bonds. The fraction of sp³-hybridized carbons (Fsp3) is 0.692. The fourth-order valence-corrected chi connectivity index (χ4v) is 2.14. The molecule has 0 aromatic carbocycles. The quantitative estimate of drug-likeness (QED) is 0.739. The van der Waals surface area contributed by atoms with Crippen LogP contribution in [-0.2, 0) is 9.53 Å². The molecule has 1 saturated carbocycles. The molecule has 0 spiro atoms. The molecule has 1 aliphatic rings. The van der Waals surface area contributed by atoms with Crippen molar-refractivity contribution in [2.24, 2.45) is 5.92 Å². The van der Waals surface area contributed by atoms with Crippen molar-refractivity contribution in [2.75, 3.05) is 13.1 Å². The maximum absolute atomic E-state index is 12.9. The van der Waals surface area contributed by atoms with Gasteiger partial charge in [0.15, 0.2) is 5.76 Å². The number of carbonyl (C=O) groups excluding carboxylic acids is 2. The summed E-state index contributed by atoms with van der Waals surface area (Å²) in [5.74, 6) is -2.01. The monoisotopic (exact) mass is 275 g/mol. The minimum Gasteiger partial charge on any atom is -0.408 e. The van der Waals surface area contributed by atoms with E-state index >= 15 is 0 Å². The van der Waals surface area contributed by atoms with Crippen LogP contribution in [-0.4, -0.2) is 29.9 Å². The van der Waals surface area contributed by atoms with Gasteiger partial charge in [-0.3, -0.25) is 4.79 Å². The highest BCUT2D eigenvalue weighted by Gasteiger charge is 2.32. The Balaban J connectivity index is 2.82. The largest absolute Gasteiger partial charge is 0.415 e. The van der Waals surface area contributed by atoms with Gasteiger partial charge in [-0.2, -0.15) is 8.78 Å². The van der Waals surface area contributed by atoms with E-state index < -0.39 is 23.9 Å². The standard InChI is InChI=1S/C13H19F2NO3/c1-3-16(4-2)13(18)19-11(12(14)15)9-7-5-6-8-10(9)17/h9H,3-8H2,1-2H3. The summed E-state index contributed by atoms with van der Waals surface area (Å²) in [6.07, 6.45) is -0.926. The number of rotatable bonds is 4. The molecule has 0 aromatic heterocycles. The molecule has 1 unspecified atom stereocenters. The Labute approximate surface area is 111 Å². The predicted octanol–water partition coefficient (Wildman–Crippen LogP) is 3.33. The van der Waals surface area contributed by atoms with Crippen molar-refractivity contribution in [1.29, 1.82) is 0 Å². The van der Waals surface area contributed by atoms with Gasteiger partial charge in [0.05, 0.1) is 5.92 Å². The van der Waals surface area contributed by atoms with Crippen molar-refractivity contribution in [1.82, 2.24) is 4.90 Å². The van der Waals surface area contributed by atoms with Crippen LogP contribution in [0.3, 0.4) is 0 Å². The first-order chi connectivity index (χ1) is 9.01. The Kier molecular flexibility index (Phi) is 5.92. The molecule has 0 radical (unpaired) electrons. The summed E-state index contributed by atoms with van der Waals surface area (Å²) in [5, 5.41) is 0. The normalized spacial score (nSPS) is 18.9. The van der Waals surface area contributed by atoms with Crippen molar-refractivity contribution in [2.45, 2.75) is 39.5 Å². The molecule has 19 heavy (non-hydrogen) atoms. The van der Waals surface area contributed by atoms with Gasteiger partial charge in [0.25, 0.3) is 0 Å². The molecule has 0 aromatic rings.